The van der Waals surface area contributed by atoms with Gasteiger partial charge >= 0.3 is 6.03 Å². The van der Waals surface area contributed by atoms with Gasteiger partial charge in [0.05, 0.1) is 23.6 Å². The molecule has 32 heavy (non-hydrogen) atoms. The zero-order chi connectivity index (χ0) is 22.5. The molecule has 2 aromatic carbocycles. The minimum absolute atomic E-state index is 0.184. The molecule has 0 bridgehead atoms. The van der Waals surface area contributed by atoms with Crippen LogP contribution in [0.15, 0.2) is 72.9 Å². The van der Waals surface area contributed by atoms with E-state index < -0.39 is 17.8 Å². The van der Waals surface area contributed by atoms with Crippen molar-refractivity contribution in [3.63, 3.8) is 0 Å². The highest BCUT2D eigenvalue weighted by Gasteiger charge is 2.33. The molecule has 9 heteroatoms. The number of urea groups is 1. The lowest BCUT2D eigenvalue weighted by Crippen LogP contribution is -2.52. The van der Waals surface area contributed by atoms with Gasteiger partial charge in [-0.3, -0.25) is 24.4 Å². The van der Waals surface area contributed by atoms with Gasteiger partial charge < -0.3 is 10.6 Å². The Labute approximate surface area is 183 Å². The normalized spacial score (nSPS) is 12.8. The van der Waals surface area contributed by atoms with Gasteiger partial charge in [-0.25, -0.2) is 9.18 Å². The van der Waals surface area contributed by atoms with E-state index in [1.165, 1.54) is 34.1 Å². The van der Waals surface area contributed by atoms with Crippen molar-refractivity contribution in [1.29, 1.82) is 0 Å². The molecule has 0 saturated heterocycles. The monoisotopic (exact) mass is 433 g/mol. The van der Waals surface area contributed by atoms with Crippen LogP contribution in [-0.2, 0) is 16.1 Å². The predicted octanol–water partition coefficient (Wildman–Crippen LogP) is 2.92. The molecule has 8 nitrogen and oxygen atoms in total. The van der Waals surface area contributed by atoms with Gasteiger partial charge in [-0.2, -0.15) is 0 Å². The van der Waals surface area contributed by atoms with E-state index in [9.17, 15) is 18.8 Å². The predicted molar refractivity (Wildman–Crippen MR) is 118 cm³/mol. The van der Waals surface area contributed by atoms with Crippen LogP contribution in [0.4, 0.5) is 26.2 Å². The van der Waals surface area contributed by atoms with Gasteiger partial charge in [-0.15, -0.1) is 0 Å². The molecular formula is C23H20FN5O3. The first kappa shape index (κ1) is 21.0. The van der Waals surface area contributed by atoms with Crippen LogP contribution in [-0.4, -0.2) is 35.9 Å². The molecule has 1 aliphatic heterocycles. The molecule has 3 aromatic rings. The average molecular weight is 433 g/mol. The van der Waals surface area contributed by atoms with E-state index in [2.05, 4.69) is 15.6 Å². The average Bonchev–Trinajstić information content (AvgIpc) is 2.81. The molecule has 4 amide bonds. The number of nitrogens with one attached hydrogen (secondary N) is 2. The van der Waals surface area contributed by atoms with E-state index in [1.807, 2.05) is 6.07 Å². The molecule has 1 aliphatic rings. The fourth-order valence-corrected chi connectivity index (χ4v) is 3.33. The summed E-state index contributed by atoms with van der Waals surface area (Å²) in [4.78, 5) is 44.9. The molecule has 0 fully saturated rings. The van der Waals surface area contributed by atoms with Crippen molar-refractivity contribution in [2.24, 2.45) is 0 Å². The molecule has 0 saturated carbocycles. The number of pyridine rings is 1. The van der Waals surface area contributed by atoms with Gasteiger partial charge in [0.2, 0.25) is 11.8 Å². The second-order valence-electron chi connectivity index (χ2n) is 7.09. The Morgan fingerprint density at radius 1 is 0.969 bits per heavy atom. The first-order valence-electron chi connectivity index (χ1n) is 9.91. The van der Waals surface area contributed by atoms with Crippen molar-refractivity contribution in [2.45, 2.75) is 6.54 Å². The summed E-state index contributed by atoms with van der Waals surface area (Å²) < 4.78 is 13.1. The highest BCUT2D eigenvalue weighted by atomic mass is 19.1. The smallest absolute Gasteiger partial charge is 0.326 e. The van der Waals surface area contributed by atoms with Gasteiger partial charge in [-0.1, -0.05) is 18.2 Å². The Kier molecular flexibility index (Phi) is 6.07. The third-order valence-electron chi connectivity index (χ3n) is 4.89. The lowest BCUT2D eigenvalue weighted by molar-refractivity contribution is -0.123. The van der Waals surface area contributed by atoms with Crippen LogP contribution in [0.2, 0.25) is 0 Å². The molecule has 0 radical (unpaired) electrons. The number of hydrogen-bond acceptors (Lipinski definition) is 4. The topological polar surface area (TPSA) is 94.6 Å². The fourth-order valence-electron chi connectivity index (χ4n) is 3.33. The third-order valence-corrected chi connectivity index (χ3v) is 4.89. The van der Waals surface area contributed by atoms with Crippen molar-refractivity contribution in [2.75, 3.05) is 28.2 Å². The fraction of sp³-hybridized carbons (Fsp3) is 0.130. The molecule has 4 rings (SSSR count). The minimum Gasteiger partial charge on any atom is -0.349 e. The number of rotatable bonds is 5. The maximum Gasteiger partial charge on any atom is 0.326 e. The van der Waals surface area contributed by atoms with Gasteiger partial charge in [0, 0.05) is 11.9 Å². The van der Waals surface area contributed by atoms with E-state index in [-0.39, 0.29) is 25.5 Å². The van der Waals surface area contributed by atoms with Crippen molar-refractivity contribution >= 4 is 34.9 Å². The van der Waals surface area contributed by atoms with E-state index in [4.69, 9.17) is 0 Å². The number of anilines is 3. The molecular weight excluding hydrogens is 413 g/mol. The van der Waals surface area contributed by atoms with Crippen LogP contribution in [0, 0.1) is 5.82 Å². The van der Waals surface area contributed by atoms with Crippen molar-refractivity contribution in [1.82, 2.24) is 10.3 Å². The van der Waals surface area contributed by atoms with Gasteiger partial charge in [0.1, 0.15) is 18.9 Å². The SMILES string of the molecule is O=C(CN1C(=O)CN(C(=O)Nc2ccc(F)cc2)c2ccccc21)NCc1ccccn1. The zero-order valence-corrected chi connectivity index (χ0v) is 17.0. The van der Waals surface area contributed by atoms with E-state index in [0.29, 0.717) is 22.8 Å². The molecule has 0 spiro atoms. The Bertz CT molecular complexity index is 1140. The van der Waals surface area contributed by atoms with Gasteiger partial charge in [0.25, 0.3) is 0 Å². The molecule has 1 aromatic heterocycles. The summed E-state index contributed by atoms with van der Waals surface area (Å²) in [6.07, 6.45) is 1.64. The largest absolute Gasteiger partial charge is 0.349 e. The molecule has 0 unspecified atom stereocenters. The summed E-state index contributed by atoms with van der Waals surface area (Å²) in [5, 5.41) is 5.41. The number of para-hydroxylation sites is 2. The number of carbonyl (C=O) groups is 3. The second-order valence-corrected chi connectivity index (χ2v) is 7.09. The zero-order valence-electron chi connectivity index (χ0n) is 17.0. The number of amides is 4. The molecule has 2 heterocycles. The highest BCUT2D eigenvalue weighted by molar-refractivity contribution is 6.14. The van der Waals surface area contributed by atoms with E-state index >= 15 is 0 Å². The Hall–Kier alpha value is -4.27. The molecule has 0 atom stereocenters. The number of carbonyl (C=O) groups excluding carboxylic acids is 3. The maximum atomic E-state index is 13.1. The third kappa shape index (κ3) is 4.72. The van der Waals surface area contributed by atoms with Crippen molar-refractivity contribution in [3.8, 4) is 0 Å². The Balaban J connectivity index is 1.48. The summed E-state index contributed by atoms with van der Waals surface area (Å²) in [6, 6.07) is 17.0. The van der Waals surface area contributed by atoms with Crippen LogP contribution >= 0.6 is 0 Å². The second kappa shape index (κ2) is 9.25. The van der Waals surface area contributed by atoms with Gasteiger partial charge in [0.15, 0.2) is 0 Å². The van der Waals surface area contributed by atoms with E-state index in [1.54, 1.807) is 42.6 Å². The molecule has 2 N–H and O–H groups in total. The van der Waals surface area contributed by atoms with Crippen molar-refractivity contribution < 1.29 is 18.8 Å². The minimum atomic E-state index is -0.531. The Morgan fingerprint density at radius 2 is 1.69 bits per heavy atom. The van der Waals surface area contributed by atoms with Crippen LogP contribution < -0.4 is 20.4 Å². The van der Waals surface area contributed by atoms with Crippen molar-refractivity contribution in [3.05, 3.63) is 84.4 Å². The van der Waals surface area contributed by atoms with Crippen LogP contribution in [0.1, 0.15) is 5.69 Å². The van der Waals surface area contributed by atoms with Gasteiger partial charge in [-0.05, 0) is 48.5 Å². The van der Waals surface area contributed by atoms with E-state index in [0.717, 1.165) is 0 Å². The van der Waals surface area contributed by atoms with Crippen LogP contribution in [0.25, 0.3) is 0 Å². The molecule has 162 valence electrons. The number of halogens is 1. The lowest BCUT2D eigenvalue weighted by atomic mass is 10.1. The summed E-state index contributed by atoms with van der Waals surface area (Å²) in [7, 11) is 0. The van der Waals surface area contributed by atoms with Crippen LogP contribution in [0.5, 0.6) is 0 Å². The first-order chi connectivity index (χ1) is 15.5. The number of aromatic nitrogens is 1. The first-order valence-corrected chi connectivity index (χ1v) is 9.91. The number of benzene rings is 2. The quantitative estimate of drug-likeness (QED) is 0.647. The lowest BCUT2D eigenvalue weighted by Gasteiger charge is -2.35. The summed E-state index contributed by atoms with van der Waals surface area (Å²) >= 11 is 0. The summed E-state index contributed by atoms with van der Waals surface area (Å²) in [5.74, 6) is -1.16. The number of hydrogen-bond donors (Lipinski definition) is 2. The summed E-state index contributed by atoms with van der Waals surface area (Å²) in [5.41, 5.74) is 2.04. The molecule has 0 aliphatic carbocycles. The maximum absolute atomic E-state index is 13.1. The standard InChI is InChI=1S/C23H20FN5O3/c24-16-8-10-17(11-9-16)27-23(32)29-15-22(31)28(19-6-1-2-7-20(19)29)14-21(30)26-13-18-5-3-4-12-25-18/h1-12H,13-15H2,(H,26,30)(H,27,32). The number of nitrogens with zero attached hydrogens (tertiary/aromatic N) is 3. The highest BCUT2D eigenvalue weighted by Crippen LogP contribution is 2.33. The summed E-state index contributed by atoms with van der Waals surface area (Å²) in [6.45, 7) is -0.177. The number of fused-ring (bicyclic) bond motifs is 1. The Morgan fingerprint density at radius 3 is 2.41 bits per heavy atom. The van der Waals surface area contributed by atoms with Crippen LogP contribution in [0.3, 0.4) is 0 Å².